The number of nitrogens with one attached hydrogen (secondary N) is 1. The molecule has 2 fully saturated rings. The third-order valence-electron chi connectivity index (χ3n) is 4.78. The van der Waals surface area contributed by atoms with Crippen molar-refractivity contribution in [1.82, 2.24) is 14.9 Å². The molecule has 1 aromatic rings. The number of nitrogens with zero attached hydrogens (tertiary/aromatic N) is 2. The Morgan fingerprint density at radius 1 is 1.36 bits per heavy atom. The highest BCUT2D eigenvalue weighted by molar-refractivity contribution is 5.68. The number of carbonyl (C=O) groups is 1. The van der Waals surface area contributed by atoms with E-state index in [-0.39, 0.29) is 6.09 Å². The molecule has 2 aliphatic rings. The van der Waals surface area contributed by atoms with Gasteiger partial charge >= 0.3 is 6.09 Å². The van der Waals surface area contributed by atoms with Gasteiger partial charge in [-0.2, -0.15) is 0 Å². The number of amides is 1. The van der Waals surface area contributed by atoms with Crippen molar-refractivity contribution in [2.75, 3.05) is 13.1 Å². The molecule has 1 aliphatic heterocycles. The van der Waals surface area contributed by atoms with E-state index >= 15 is 0 Å². The van der Waals surface area contributed by atoms with Crippen molar-refractivity contribution < 1.29 is 9.53 Å². The SMILES string of the molecule is CC(C)(C)OC(=O)N1CCC(c2ncc(C3(C)CC3)[nH]2)CC1. The molecule has 1 amide bonds. The molecule has 122 valence electrons. The Balaban J connectivity index is 1.55. The second-order valence-corrected chi connectivity index (χ2v) is 7.98. The maximum atomic E-state index is 12.1. The van der Waals surface area contributed by atoms with Gasteiger partial charge in [-0.15, -0.1) is 0 Å². The Bertz CT molecular complexity index is 546. The summed E-state index contributed by atoms with van der Waals surface area (Å²) in [6.45, 7) is 9.48. The number of H-pyrrole nitrogens is 1. The largest absolute Gasteiger partial charge is 0.444 e. The highest BCUT2D eigenvalue weighted by atomic mass is 16.6. The summed E-state index contributed by atoms with van der Waals surface area (Å²) >= 11 is 0. The number of ether oxygens (including phenoxy) is 1. The Morgan fingerprint density at radius 2 is 2.00 bits per heavy atom. The second-order valence-electron chi connectivity index (χ2n) is 7.98. The minimum Gasteiger partial charge on any atom is -0.444 e. The lowest BCUT2D eigenvalue weighted by molar-refractivity contribution is 0.0203. The Labute approximate surface area is 132 Å². The molecule has 0 spiro atoms. The lowest BCUT2D eigenvalue weighted by Crippen LogP contribution is -2.41. The highest BCUT2D eigenvalue weighted by Gasteiger charge is 2.41. The number of carbonyl (C=O) groups excluding carboxylic acids is 1. The molecule has 0 unspecified atom stereocenters. The van der Waals surface area contributed by atoms with E-state index < -0.39 is 5.60 Å². The third-order valence-corrected chi connectivity index (χ3v) is 4.78. The summed E-state index contributed by atoms with van der Waals surface area (Å²) in [6.07, 6.45) is 6.21. The van der Waals surface area contributed by atoms with Gasteiger partial charge in [-0.1, -0.05) is 6.92 Å². The summed E-state index contributed by atoms with van der Waals surface area (Å²) in [6, 6.07) is 0. The van der Waals surface area contributed by atoms with Crippen molar-refractivity contribution in [2.45, 2.75) is 70.3 Å². The number of aromatic nitrogens is 2. The molecule has 22 heavy (non-hydrogen) atoms. The maximum Gasteiger partial charge on any atom is 0.410 e. The van der Waals surface area contributed by atoms with Crippen LogP contribution in [0.3, 0.4) is 0 Å². The van der Waals surface area contributed by atoms with E-state index in [2.05, 4.69) is 16.9 Å². The van der Waals surface area contributed by atoms with Crippen LogP contribution in [0.4, 0.5) is 4.79 Å². The van der Waals surface area contributed by atoms with Gasteiger partial charge in [-0.3, -0.25) is 0 Å². The van der Waals surface area contributed by atoms with Crippen LogP contribution in [0.25, 0.3) is 0 Å². The Hall–Kier alpha value is -1.52. The number of piperidine rings is 1. The van der Waals surface area contributed by atoms with E-state index in [4.69, 9.17) is 4.74 Å². The molecule has 1 saturated heterocycles. The quantitative estimate of drug-likeness (QED) is 0.908. The van der Waals surface area contributed by atoms with Gasteiger partial charge in [0, 0.05) is 36.3 Å². The fourth-order valence-electron chi connectivity index (χ4n) is 2.97. The van der Waals surface area contributed by atoms with Crippen molar-refractivity contribution in [1.29, 1.82) is 0 Å². The van der Waals surface area contributed by atoms with Gasteiger partial charge in [0.1, 0.15) is 11.4 Å². The predicted molar refractivity (Wildman–Crippen MR) is 85.0 cm³/mol. The van der Waals surface area contributed by atoms with Crippen LogP contribution in [0.15, 0.2) is 6.20 Å². The first-order valence-corrected chi connectivity index (χ1v) is 8.30. The van der Waals surface area contributed by atoms with E-state index in [1.165, 1.54) is 18.5 Å². The van der Waals surface area contributed by atoms with Gasteiger partial charge in [0.25, 0.3) is 0 Å². The first-order valence-electron chi connectivity index (χ1n) is 8.30. The molecule has 1 N–H and O–H groups in total. The van der Waals surface area contributed by atoms with Crippen LogP contribution in [-0.4, -0.2) is 39.7 Å². The molecular formula is C17H27N3O2. The van der Waals surface area contributed by atoms with Crippen LogP contribution in [-0.2, 0) is 10.2 Å². The van der Waals surface area contributed by atoms with Crippen molar-refractivity contribution in [2.24, 2.45) is 0 Å². The van der Waals surface area contributed by atoms with Crippen LogP contribution < -0.4 is 0 Å². The first-order chi connectivity index (χ1) is 10.3. The maximum absolute atomic E-state index is 12.1. The van der Waals surface area contributed by atoms with E-state index in [1.807, 2.05) is 31.9 Å². The van der Waals surface area contributed by atoms with E-state index in [1.54, 1.807) is 0 Å². The van der Waals surface area contributed by atoms with Crippen molar-refractivity contribution in [3.05, 3.63) is 17.7 Å². The molecule has 3 rings (SSSR count). The van der Waals surface area contributed by atoms with Gasteiger partial charge in [-0.25, -0.2) is 9.78 Å². The van der Waals surface area contributed by atoms with Gasteiger partial charge in [0.05, 0.1) is 0 Å². The number of aromatic amines is 1. The molecular weight excluding hydrogens is 278 g/mol. The molecule has 0 radical (unpaired) electrons. The van der Waals surface area contributed by atoms with Gasteiger partial charge < -0.3 is 14.6 Å². The average molecular weight is 305 g/mol. The fraction of sp³-hybridized carbons (Fsp3) is 0.765. The fourth-order valence-corrected chi connectivity index (χ4v) is 2.97. The number of imidazole rings is 1. The number of rotatable bonds is 2. The summed E-state index contributed by atoms with van der Waals surface area (Å²) in [5, 5.41) is 0. The van der Waals surface area contributed by atoms with Crippen LogP contribution in [0.1, 0.15) is 70.8 Å². The zero-order valence-electron chi connectivity index (χ0n) is 14.1. The number of likely N-dealkylation sites (tertiary alicyclic amines) is 1. The summed E-state index contributed by atoms with van der Waals surface area (Å²) in [5.74, 6) is 1.52. The van der Waals surface area contributed by atoms with E-state index in [9.17, 15) is 4.79 Å². The van der Waals surface area contributed by atoms with Crippen LogP contribution >= 0.6 is 0 Å². The standard InChI is InChI=1S/C17H27N3O2/c1-16(2,3)22-15(21)20-9-5-12(6-10-20)14-18-11-13(19-14)17(4)7-8-17/h11-12H,5-10H2,1-4H3,(H,18,19). The molecule has 0 aromatic carbocycles. The molecule has 0 atom stereocenters. The van der Waals surface area contributed by atoms with Crippen LogP contribution in [0.2, 0.25) is 0 Å². The smallest absolute Gasteiger partial charge is 0.410 e. The lowest BCUT2D eigenvalue weighted by Gasteiger charge is -2.32. The average Bonchev–Trinajstić information content (AvgIpc) is 3.01. The topological polar surface area (TPSA) is 58.2 Å². The molecule has 1 aromatic heterocycles. The monoisotopic (exact) mass is 305 g/mol. The van der Waals surface area contributed by atoms with Gasteiger partial charge in [0.15, 0.2) is 0 Å². The van der Waals surface area contributed by atoms with Gasteiger partial charge in [-0.05, 0) is 46.5 Å². The van der Waals surface area contributed by atoms with Crippen LogP contribution in [0, 0.1) is 0 Å². The summed E-state index contributed by atoms with van der Waals surface area (Å²) in [5.41, 5.74) is 1.18. The molecule has 0 bridgehead atoms. The minimum atomic E-state index is -0.427. The number of hydrogen-bond donors (Lipinski definition) is 1. The van der Waals surface area contributed by atoms with Crippen molar-refractivity contribution in [3.63, 3.8) is 0 Å². The van der Waals surface area contributed by atoms with E-state index in [0.717, 1.165) is 31.8 Å². The first kappa shape index (κ1) is 15.4. The van der Waals surface area contributed by atoms with Crippen LogP contribution in [0.5, 0.6) is 0 Å². The zero-order valence-corrected chi connectivity index (χ0v) is 14.1. The number of hydrogen-bond acceptors (Lipinski definition) is 3. The Morgan fingerprint density at radius 3 is 2.55 bits per heavy atom. The predicted octanol–water partition coefficient (Wildman–Crippen LogP) is 3.58. The lowest BCUT2D eigenvalue weighted by atomic mass is 9.96. The molecule has 5 nitrogen and oxygen atoms in total. The van der Waals surface area contributed by atoms with Gasteiger partial charge in [0.2, 0.25) is 0 Å². The molecule has 1 aliphatic carbocycles. The summed E-state index contributed by atoms with van der Waals surface area (Å²) in [4.78, 5) is 22.0. The third kappa shape index (κ3) is 3.28. The summed E-state index contributed by atoms with van der Waals surface area (Å²) in [7, 11) is 0. The Kier molecular flexibility index (Phi) is 3.69. The second kappa shape index (κ2) is 5.28. The zero-order chi connectivity index (χ0) is 16.0. The summed E-state index contributed by atoms with van der Waals surface area (Å²) < 4.78 is 5.44. The van der Waals surface area contributed by atoms with Crippen molar-refractivity contribution in [3.8, 4) is 0 Å². The molecule has 1 saturated carbocycles. The highest BCUT2D eigenvalue weighted by Crippen LogP contribution is 2.47. The van der Waals surface area contributed by atoms with E-state index in [0.29, 0.717) is 11.3 Å². The molecule has 2 heterocycles. The minimum absolute atomic E-state index is 0.198. The van der Waals surface area contributed by atoms with Crippen molar-refractivity contribution >= 4 is 6.09 Å². The normalized spacial score (nSPS) is 21.7. The molecule has 5 heteroatoms.